The minimum atomic E-state index is 0.382. The average molecular weight is 287 g/mol. The zero-order chi connectivity index (χ0) is 14.4. The first kappa shape index (κ1) is 14.3. The molecule has 2 N–H and O–H groups in total. The molecule has 0 aliphatic heterocycles. The van der Waals surface area contributed by atoms with Gasteiger partial charge in [-0.3, -0.25) is 0 Å². The van der Waals surface area contributed by atoms with Crippen LogP contribution in [0.4, 0.5) is 0 Å². The zero-order valence-electron chi connectivity index (χ0n) is 11.3. The molecule has 0 radical (unpaired) electrons. The number of hydrogen-bond acceptors (Lipinski definition) is 3. The summed E-state index contributed by atoms with van der Waals surface area (Å²) in [5.41, 5.74) is 7.53. The minimum Gasteiger partial charge on any atom is -0.494 e. The van der Waals surface area contributed by atoms with Crippen molar-refractivity contribution in [3.05, 3.63) is 59.7 Å². The van der Waals surface area contributed by atoms with Gasteiger partial charge in [0.1, 0.15) is 23.1 Å². The third kappa shape index (κ3) is 3.71. The monoisotopic (exact) mass is 287 g/mol. The van der Waals surface area contributed by atoms with Crippen molar-refractivity contribution in [2.75, 3.05) is 6.61 Å². The van der Waals surface area contributed by atoms with Crippen molar-refractivity contribution in [1.82, 2.24) is 0 Å². The summed E-state index contributed by atoms with van der Waals surface area (Å²) < 4.78 is 11.2. The summed E-state index contributed by atoms with van der Waals surface area (Å²) in [5.74, 6) is 1.56. The highest BCUT2D eigenvalue weighted by molar-refractivity contribution is 7.80. The molecule has 4 heteroatoms. The maximum atomic E-state index is 5.77. The molecule has 0 atom stereocenters. The first-order valence-corrected chi connectivity index (χ1v) is 6.85. The third-order valence-electron chi connectivity index (χ3n) is 2.79. The summed E-state index contributed by atoms with van der Waals surface area (Å²) in [6.07, 6.45) is 0. The number of thiocarbonyl (C=S) groups is 1. The summed E-state index contributed by atoms with van der Waals surface area (Å²) >= 11 is 5.04. The van der Waals surface area contributed by atoms with E-state index in [0.717, 1.165) is 22.6 Å². The Balaban J connectivity index is 2.09. The van der Waals surface area contributed by atoms with Crippen LogP contribution in [0.1, 0.15) is 18.1 Å². The van der Waals surface area contributed by atoms with E-state index < -0.39 is 0 Å². The maximum Gasteiger partial charge on any atom is 0.123 e. The molecule has 0 saturated heterocycles. The Morgan fingerprint density at radius 3 is 2.45 bits per heavy atom. The lowest BCUT2D eigenvalue weighted by Crippen LogP contribution is -2.13. The molecule has 0 spiro atoms. The molecule has 0 bridgehead atoms. The van der Waals surface area contributed by atoms with Gasteiger partial charge in [-0.25, -0.2) is 0 Å². The molecule has 2 aromatic carbocycles. The smallest absolute Gasteiger partial charge is 0.123 e. The van der Waals surface area contributed by atoms with Crippen molar-refractivity contribution in [3.63, 3.8) is 0 Å². The van der Waals surface area contributed by atoms with Crippen molar-refractivity contribution in [2.24, 2.45) is 5.73 Å². The number of benzene rings is 2. The molecule has 0 aliphatic rings. The van der Waals surface area contributed by atoms with E-state index >= 15 is 0 Å². The normalized spacial score (nSPS) is 10.1. The van der Waals surface area contributed by atoms with E-state index in [4.69, 9.17) is 27.4 Å². The molecule has 0 aromatic heterocycles. The summed E-state index contributed by atoms with van der Waals surface area (Å²) in [6, 6.07) is 15.3. The van der Waals surface area contributed by atoms with Gasteiger partial charge in [0, 0.05) is 11.6 Å². The van der Waals surface area contributed by atoms with Gasteiger partial charge in [0.2, 0.25) is 0 Å². The van der Waals surface area contributed by atoms with Gasteiger partial charge in [0.15, 0.2) is 0 Å². The lowest BCUT2D eigenvalue weighted by molar-refractivity contribution is 0.299. The molecule has 0 fully saturated rings. The van der Waals surface area contributed by atoms with E-state index in [1.54, 1.807) is 0 Å². The molecule has 0 heterocycles. The standard InChI is InChI=1S/C16H17NO2S/c1-2-18-13-7-5-8-14(10-13)19-11-12-6-3-4-9-15(12)16(17)20/h3-10H,2,11H2,1H3,(H2,17,20). The largest absolute Gasteiger partial charge is 0.494 e. The summed E-state index contributed by atoms with van der Waals surface area (Å²) in [5, 5.41) is 0. The number of ether oxygens (including phenoxy) is 2. The van der Waals surface area contributed by atoms with Crippen LogP contribution in [0.5, 0.6) is 11.5 Å². The second-order valence-corrected chi connectivity index (χ2v) is 4.66. The second-order valence-electron chi connectivity index (χ2n) is 4.22. The van der Waals surface area contributed by atoms with E-state index in [1.807, 2.05) is 55.5 Å². The van der Waals surface area contributed by atoms with Gasteiger partial charge in [0.25, 0.3) is 0 Å². The van der Waals surface area contributed by atoms with Crippen LogP contribution in [0.25, 0.3) is 0 Å². The number of hydrogen-bond donors (Lipinski definition) is 1. The van der Waals surface area contributed by atoms with Crippen molar-refractivity contribution in [2.45, 2.75) is 13.5 Å². The Morgan fingerprint density at radius 2 is 1.75 bits per heavy atom. The molecular formula is C16H17NO2S. The molecular weight excluding hydrogens is 270 g/mol. The van der Waals surface area contributed by atoms with Crippen LogP contribution in [0.15, 0.2) is 48.5 Å². The van der Waals surface area contributed by atoms with Gasteiger partial charge in [-0.2, -0.15) is 0 Å². The Hall–Kier alpha value is -2.07. The molecule has 0 aliphatic carbocycles. The van der Waals surface area contributed by atoms with E-state index in [0.29, 0.717) is 18.2 Å². The molecule has 3 nitrogen and oxygen atoms in total. The molecule has 0 amide bonds. The van der Waals surface area contributed by atoms with Crippen LogP contribution in [0, 0.1) is 0 Å². The summed E-state index contributed by atoms with van der Waals surface area (Å²) in [4.78, 5) is 0.382. The Kier molecular flexibility index (Phi) is 4.96. The highest BCUT2D eigenvalue weighted by Gasteiger charge is 2.05. The Bertz CT molecular complexity index is 599. The zero-order valence-corrected chi connectivity index (χ0v) is 12.2. The van der Waals surface area contributed by atoms with Crippen LogP contribution in [-0.2, 0) is 6.61 Å². The van der Waals surface area contributed by atoms with Crippen LogP contribution in [0.2, 0.25) is 0 Å². The molecule has 0 unspecified atom stereocenters. The van der Waals surface area contributed by atoms with E-state index in [9.17, 15) is 0 Å². The SMILES string of the molecule is CCOc1cccc(OCc2ccccc2C(N)=S)c1. The van der Waals surface area contributed by atoms with Gasteiger partial charge in [-0.15, -0.1) is 0 Å². The fourth-order valence-corrected chi connectivity index (χ4v) is 2.07. The minimum absolute atomic E-state index is 0.382. The highest BCUT2D eigenvalue weighted by Crippen LogP contribution is 2.21. The predicted octanol–water partition coefficient (Wildman–Crippen LogP) is 3.30. The molecule has 20 heavy (non-hydrogen) atoms. The summed E-state index contributed by atoms with van der Waals surface area (Å²) in [6.45, 7) is 3.00. The molecule has 2 aromatic rings. The maximum absolute atomic E-state index is 5.77. The van der Waals surface area contributed by atoms with Crippen LogP contribution in [-0.4, -0.2) is 11.6 Å². The van der Waals surface area contributed by atoms with Crippen LogP contribution >= 0.6 is 12.2 Å². The Morgan fingerprint density at radius 1 is 1.05 bits per heavy atom. The number of rotatable bonds is 6. The van der Waals surface area contributed by atoms with Gasteiger partial charge < -0.3 is 15.2 Å². The molecule has 104 valence electrons. The van der Waals surface area contributed by atoms with Crippen molar-refractivity contribution in [3.8, 4) is 11.5 Å². The first-order chi connectivity index (χ1) is 9.70. The third-order valence-corrected chi connectivity index (χ3v) is 3.01. The second kappa shape index (κ2) is 6.91. The lowest BCUT2D eigenvalue weighted by atomic mass is 10.1. The van der Waals surface area contributed by atoms with Crippen LogP contribution < -0.4 is 15.2 Å². The van der Waals surface area contributed by atoms with Gasteiger partial charge in [-0.1, -0.05) is 42.5 Å². The van der Waals surface area contributed by atoms with Gasteiger partial charge >= 0.3 is 0 Å². The van der Waals surface area contributed by atoms with Crippen LogP contribution in [0.3, 0.4) is 0 Å². The Labute approximate surface area is 124 Å². The van der Waals surface area contributed by atoms with Crippen molar-refractivity contribution < 1.29 is 9.47 Å². The quantitative estimate of drug-likeness (QED) is 0.828. The van der Waals surface area contributed by atoms with E-state index in [1.165, 1.54) is 0 Å². The molecule has 2 rings (SSSR count). The molecule has 0 saturated carbocycles. The highest BCUT2D eigenvalue weighted by atomic mass is 32.1. The fourth-order valence-electron chi connectivity index (χ4n) is 1.87. The van der Waals surface area contributed by atoms with Gasteiger partial charge in [0.05, 0.1) is 6.61 Å². The van der Waals surface area contributed by atoms with Crippen molar-refractivity contribution in [1.29, 1.82) is 0 Å². The van der Waals surface area contributed by atoms with E-state index in [2.05, 4.69) is 0 Å². The first-order valence-electron chi connectivity index (χ1n) is 6.44. The van der Waals surface area contributed by atoms with Gasteiger partial charge in [-0.05, 0) is 24.6 Å². The lowest BCUT2D eigenvalue weighted by Gasteiger charge is -2.11. The summed E-state index contributed by atoms with van der Waals surface area (Å²) in [7, 11) is 0. The predicted molar refractivity (Wildman–Crippen MR) is 84.3 cm³/mol. The fraction of sp³-hybridized carbons (Fsp3) is 0.188. The van der Waals surface area contributed by atoms with Crippen molar-refractivity contribution >= 4 is 17.2 Å². The topological polar surface area (TPSA) is 44.5 Å². The van der Waals surface area contributed by atoms with E-state index in [-0.39, 0.29) is 0 Å². The average Bonchev–Trinajstić information content (AvgIpc) is 2.46. The number of nitrogens with two attached hydrogens (primary N) is 1.